The average Bonchev–Trinajstić information content (AvgIpc) is 2.68. The third kappa shape index (κ3) is 5.55. The Bertz CT molecular complexity index is 722. The van der Waals surface area contributed by atoms with E-state index in [2.05, 4.69) is 10.6 Å². The smallest absolute Gasteiger partial charge is 0.222 e. The molecule has 0 saturated carbocycles. The zero-order valence-electron chi connectivity index (χ0n) is 16.0. The van der Waals surface area contributed by atoms with E-state index in [1.807, 2.05) is 62.4 Å². The molecule has 0 aromatic heterocycles. The molecule has 1 aliphatic rings. The minimum Gasteiger partial charge on any atom is -0.491 e. The predicted octanol–water partition coefficient (Wildman–Crippen LogP) is 2.92. The second kappa shape index (κ2) is 9.53. The van der Waals surface area contributed by atoms with Gasteiger partial charge in [0.1, 0.15) is 12.4 Å². The first kappa shape index (κ1) is 19.4. The number of aryl methyl sites for hydroxylation is 2. The lowest BCUT2D eigenvalue weighted by molar-refractivity contribution is -0.123. The molecule has 0 aliphatic carbocycles. The molecule has 0 spiro atoms. The first-order chi connectivity index (χ1) is 13.1. The molecule has 2 unspecified atom stereocenters. The van der Waals surface area contributed by atoms with Gasteiger partial charge in [-0.25, -0.2) is 0 Å². The topological polar surface area (TPSA) is 59.6 Å². The van der Waals surface area contributed by atoms with Crippen molar-refractivity contribution in [1.29, 1.82) is 0 Å². The van der Waals surface area contributed by atoms with Gasteiger partial charge < -0.3 is 20.1 Å². The van der Waals surface area contributed by atoms with Crippen molar-refractivity contribution in [2.45, 2.75) is 32.4 Å². The molecule has 5 nitrogen and oxygen atoms in total. The van der Waals surface area contributed by atoms with Gasteiger partial charge in [0.05, 0.1) is 19.3 Å². The van der Waals surface area contributed by atoms with E-state index in [-0.39, 0.29) is 18.0 Å². The minimum atomic E-state index is -0.206. The SMILES string of the molecule is Cc1cccc(C)c1OCC(NC(=O)CC1COCCN1)c1ccccc1. The normalized spacial score (nSPS) is 17.9. The first-order valence-corrected chi connectivity index (χ1v) is 9.48. The van der Waals surface area contributed by atoms with E-state index in [9.17, 15) is 4.79 Å². The highest BCUT2D eigenvalue weighted by atomic mass is 16.5. The van der Waals surface area contributed by atoms with Crippen molar-refractivity contribution in [2.75, 3.05) is 26.4 Å². The highest BCUT2D eigenvalue weighted by Gasteiger charge is 2.21. The number of amides is 1. The standard InChI is InChI=1S/C22H28N2O3/c1-16-7-6-8-17(2)22(16)27-15-20(18-9-4-3-5-10-18)24-21(25)13-19-14-26-12-11-23-19/h3-10,19-20,23H,11-15H2,1-2H3,(H,24,25). The fraction of sp³-hybridized carbons (Fsp3) is 0.409. The molecule has 5 heteroatoms. The Kier molecular flexibility index (Phi) is 6.85. The van der Waals surface area contributed by atoms with Crippen LogP contribution in [0, 0.1) is 13.8 Å². The van der Waals surface area contributed by atoms with Crippen molar-refractivity contribution in [1.82, 2.24) is 10.6 Å². The Hall–Kier alpha value is -2.37. The van der Waals surface area contributed by atoms with Crippen LogP contribution in [0.5, 0.6) is 5.75 Å². The molecule has 3 rings (SSSR count). The molecule has 144 valence electrons. The molecule has 1 saturated heterocycles. The second-order valence-corrected chi connectivity index (χ2v) is 6.99. The summed E-state index contributed by atoms with van der Waals surface area (Å²) in [6.07, 6.45) is 0.396. The summed E-state index contributed by atoms with van der Waals surface area (Å²) in [6, 6.07) is 15.9. The van der Waals surface area contributed by atoms with Crippen LogP contribution in [0.4, 0.5) is 0 Å². The molecular formula is C22H28N2O3. The van der Waals surface area contributed by atoms with Crippen LogP contribution in [0.25, 0.3) is 0 Å². The van der Waals surface area contributed by atoms with Crippen molar-refractivity contribution in [3.05, 3.63) is 65.2 Å². The summed E-state index contributed by atoms with van der Waals surface area (Å²) >= 11 is 0. The monoisotopic (exact) mass is 368 g/mol. The Labute approximate surface area is 161 Å². The van der Waals surface area contributed by atoms with Crippen LogP contribution >= 0.6 is 0 Å². The summed E-state index contributed by atoms with van der Waals surface area (Å²) in [5, 5.41) is 6.45. The van der Waals surface area contributed by atoms with Crippen molar-refractivity contribution in [3.8, 4) is 5.75 Å². The van der Waals surface area contributed by atoms with Crippen LogP contribution in [0.1, 0.15) is 29.2 Å². The van der Waals surface area contributed by atoms with E-state index in [1.165, 1.54) is 0 Å². The van der Waals surface area contributed by atoms with Crippen molar-refractivity contribution in [2.24, 2.45) is 0 Å². The zero-order chi connectivity index (χ0) is 19.1. The molecule has 2 N–H and O–H groups in total. The van der Waals surface area contributed by atoms with Gasteiger partial charge in [-0.1, -0.05) is 48.5 Å². The number of hydrogen-bond donors (Lipinski definition) is 2. The highest BCUT2D eigenvalue weighted by Crippen LogP contribution is 2.24. The van der Waals surface area contributed by atoms with Crippen molar-refractivity contribution in [3.63, 3.8) is 0 Å². The number of carbonyl (C=O) groups excluding carboxylic acids is 1. The summed E-state index contributed by atoms with van der Waals surface area (Å²) in [4.78, 5) is 12.6. The van der Waals surface area contributed by atoms with E-state index >= 15 is 0 Å². The maximum absolute atomic E-state index is 12.6. The largest absolute Gasteiger partial charge is 0.491 e. The van der Waals surface area contributed by atoms with E-state index in [0.29, 0.717) is 26.2 Å². The minimum absolute atomic E-state index is 0.00282. The summed E-state index contributed by atoms with van der Waals surface area (Å²) in [5.41, 5.74) is 3.22. The van der Waals surface area contributed by atoms with Crippen LogP contribution in [0.2, 0.25) is 0 Å². The second-order valence-electron chi connectivity index (χ2n) is 6.99. The lowest BCUT2D eigenvalue weighted by atomic mass is 10.1. The Balaban J connectivity index is 1.66. The Morgan fingerprint density at radius 3 is 2.59 bits per heavy atom. The van der Waals surface area contributed by atoms with Gasteiger partial charge in [0.25, 0.3) is 0 Å². The number of ether oxygens (including phenoxy) is 2. The van der Waals surface area contributed by atoms with Gasteiger partial charge in [-0.15, -0.1) is 0 Å². The van der Waals surface area contributed by atoms with Gasteiger partial charge in [-0.2, -0.15) is 0 Å². The Morgan fingerprint density at radius 1 is 1.19 bits per heavy atom. The zero-order valence-corrected chi connectivity index (χ0v) is 16.0. The molecule has 0 radical (unpaired) electrons. The maximum Gasteiger partial charge on any atom is 0.222 e. The molecular weight excluding hydrogens is 340 g/mol. The highest BCUT2D eigenvalue weighted by molar-refractivity contribution is 5.77. The first-order valence-electron chi connectivity index (χ1n) is 9.48. The van der Waals surface area contributed by atoms with E-state index in [1.54, 1.807) is 0 Å². The summed E-state index contributed by atoms with van der Waals surface area (Å²) in [6.45, 7) is 6.52. The molecule has 27 heavy (non-hydrogen) atoms. The van der Waals surface area contributed by atoms with E-state index < -0.39 is 0 Å². The number of hydrogen-bond acceptors (Lipinski definition) is 4. The van der Waals surface area contributed by atoms with E-state index in [0.717, 1.165) is 29.0 Å². The predicted molar refractivity (Wildman–Crippen MR) is 106 cm³/mol. The summed E-state index contributed by atoms with van der Waals surface area (Å²) < 4.78 is 11.6. The quantitative estimate of drug-likeness (QED) is 0.789. The third-order valence-corrected chi connectivity index (χ3v) is 4.77. The van der Waals surface area contributed by atoms with Crippen LogP contribution in [0.15, 0.2) is 48.5 Å². The van der Waals surface area contributed by atoms with Gasteiger partial charge in [0, 0.05) is 19.0 Å². The summed E-state index contributed by atoms with van der Waals surface area (Å²) in [5.74, 6) is 0.881. The number of rotatable bonds is 7. The fourth-order valence-corrected chi connectivity index (χ4v) is 3.33. The molecule has 1 amide bonds. The van der Waals surface area contributed by atoms with Crippen LogP contribution in [0.3, 0.4) is 0 Å². The van der Waals surface area contributed by atoms with Gasteiger partial charge >= 0.3 is 0 Å². The number of para-hydroxylation sites is 1. The molecule has 2 aromatic carbocycles. The molecule has 0 bridgehead atoms. The average molecular weight is 368 g/mol. The van der Waals surface area contributed by atoms with Gasteiger partial charge in [0.2, 0.25) is 5.91 Å². The number of nitrogens with one attached hydrogen (secondary N) is 2. The summed E-state index contributed by atoms with van der Waals surface area (Å²) in [7, 11) is 0. The lowest BCUT2D eigenvalue weighted by Crippen LogP contribution is -2.45. The van der Waals surface area contributed by atoms with Crippen LogP contribution < -0.4 is 15.4 Å². The van der Waals surface area contributed by atoms with Gasteiger partial charge in [-0.3, -0.25) is 4.79 Å². The lowest BCUT2D eigenvalue weighted by Gasteiger charge is -2.25. The third-order valence-electron chi connectivity index (χ3n) is 4.77. The van der Waals surface area contributed by atoms with Crippen LogP contribution in [-0.2, 0) is 9.53 Å². The van der Waals surface area contributed by atoms with Crippen LogP contribution in [-0.4, -0.2) is 38.3 Å². The number of morpholine rings is 1. The van der Waals surface area contributed by atoms with Gasteiger partial charge in [-0.05, 0) is 30.5 Å². The molecule has 1 fully saturated rings. The molecule has 1 aliphatic heterocycles. The van der Waals surface area contributed by atoms with Crippen molar-refractivity contribution >= 4 is 5.91 Å². The number of benzene rings is 2. The van der Waals surface area contributed by atoms with Gasteiger partial charge in [0.15, 0.2) is 0 Å². The molecule has 1 heterocycles. The van der Waals surface area contributed by atoms with Crippen molar-refractivity contribution < 1.29 is 14.3 Å². The van der Waals surface area contributed by atoms with E-state index in [4.69, 9.17) is 9.47 Å². The fourth-order valence-electron chi connectivity index (χ4n) is 3.33. The molecule has 2 aromatic rings. The Morgan fingerprint density at radius 2 is 1.93 bits per heavy atom. The number of carbonyl (C=O) groups is 1. The maximum atomic E-state index is 12.6. The molecule has 2 atom stereocenters.